The summed E-state index contributed by atoms with van der Waals surface area (Å²) in [5.74, 6) is -0.340. The number of para-hydroxylation sites is 1. The van der Waals surface area contributed by atoms with E-state index in [1.807, 2.05) is 0 Å². The number of nitrogens with zero attached hydrogens (tertiary/aromatic N) is 4. The average Bonchev–Trinajstić information content (AvgIpc) is 2.63. The van der Waals surface area contributed by atoms with Crippen LogP contribution in [0.1, 0.15) is 0 Å². The van der Waals surface area contributed by atoms with E-state index in [1.165, 1.54) is 40.1 Å². The third-order valence-corrected chi connectivity index (χ3v) is 3.86. The Hall–Kier alpha value is -3.55. The molecule has 0 bridgehead atoms. The second kappa shape index (κ2) is 6.52. The first-order valence-corrected chi connectivity index (χ1v) is 7.42. The maximum Gasteiger partial charge on any atom is 0.269 e. The van der Waals surface area contributed by atoms with Crippen molar-refractivity contribution in [3.05, 3.63) is 75.3 Å². The van der Waals surface area contributed by atoms with E-state index in [-0.39, 0.29) is 23.7 Å². The smallest absolute Gasteiger partial charge is 0.269 e. The molecule has 1 aromatic heterocycles. The summed E-state index contributed by atoms with van der Waals surface area (Å²) in [5.41, 5.74) is 0.716. The molecule has 1 amide bonds. The van der Waals surface area contributed by atoms with Crippen molar-refractivity contribution in [3.63, 3.8) is 0 Å². The highest BCUT2D eigenvalue weighted by atomic mass is 16.6. The van der Waals surface area contributed by atoms with E-state index in [1.54, 1.807) is 31.3 Å². The Morgan fingerprint density at radius 1 is 1.20 bits per heavy atom. The number of carbonyl (C=O) groups excluding carboxylic acids is 1. The molecular formula is C17H14N4O4. The minimum atomic E-state index is -0.508. The first-order chi connectivity index (χ1) is 12.0. The lowest BCUT2D eigenvalue weighted by atomic mass is 10.2. The highest BCUT2D eigenvalue weighted by Crippen LogP contribution is 2.18. The van der Waals surface area contributed by atoms with Crippen LogP contribution in [0.3, 0.4) is 0 Å². The Morgan fingerprint density at radius 3 is 2.56 bits per heavy atom. The SMILES string of the molecule is CN(C(=O)Cn1cnc2ccccc2c1=O)c1ccc([N+](=O)[O-])cc1. The molecule has 0 unspecified atom stereocenters. The van der Waals surface area contributed by atoms with Gasteiger partial charge in [0, 0.05) is 24.9 Å². The molecule has 0 atom stereocenters. The molecule has 3 aromatic rings. The number of aromatic nitrogens is 2. The average molecular weight is 338 g/mol. The Balaban J connectivity index is 1.83. The van der Waals surface area contributed by atoms with Gasteiger partial charge in [-0.15, -0.1) is 0 Å². The summed E-state index contributed by atoms with van der Waals surface area (Å²) in [6.45, 7) is -0.176. The van der Waals surface area contributed by atoms with E-state index in [0.717, 1.165) is 0 Å². The van der Waals surface area contributed by atoms with Gasteiger partial charge in [-0.2, -0.15) is 0 Å². The molecule has 8 nitrogen and oxygen atoms in total. The molecule has 0 saturated heterocycles. The normalized spacial score (nSPS) is 10.6. The van der Waals surface area contributed by atoms with Gasteiger partial charge in [-0.05, 0) is 24.3 Å². The molecule has 0 saturated carbocycles. The van der Waals surface area contributed by atoms with Crippen molar-refractivity contribution >= 4 is 28.2 Å². The molecule has 3 rings (SSSR count). The summed E-state index contributed by atoms with van der Waals surface area (Å²) in [4.78, 5) is 40.5. The van der Waals surface area contributed by atoms with Crippen LogP contribution in [0.5, 0.6) is 0 Å². The van der Waals surface area contributed by atoms with Crippen molar-refractivity contribution in [2.24, 2.45) is 0 Å². The Morgan fingerprint density at radius 2 is 1.88 bits per heavy atom. The summed E-state index contributed by atoms with van der Waals surface area (Å²) in [6, 6.07) is 12.5. The summed E-state index contributed by atoms with van der Waals surface area (Å²) in [5, 5.41) is 11.1. The van der Waals surface area contributed by atoms with Crippen molar-refractivity contribution in [2.75, 3.05) is 11.9 Å². The van der Waals surface area contributed by atoms with E-state index in [2.05, 4.69) is 4.98 Å². The molecule has 0 aliphatic heterocycles. The number of fused-ring (bicyclic) bond motifs is 1. The Bertz CT molecular complexity index is 1010. The number of anilines is 1. The molecule has 0 aliphatic rings. The molecule has 0 spiro atoms. The monoisotopic (exact) mass is 338 g/mol. The third-order valence-electron chi connectivity index (χ3n) is 3.86. The molecular weight excluding hydrogens is 324 g/mol. The first kappa shape index (κ1) is 16.3. The van der Waals surface area contributed by atoms with Gasteiger partial charge in [-0.3, -0.25) is 24.3 Å². The number of nitro benzene ring substituents is 1. The third kappa shape index (κ3) is 3.23. The maximum atomic E-state index is 12.4. The molecule has 0 fully saturated rings. The van der Waals surface area contributed by atoms with E-state index >= 15 is 0 Å². The summed E-state index contributed by atoms with van der Waals surface area (Å²) in [7, 11) is 1.54. The van der Waals surface area contributed by atoms with Crippen LogP contribution in [0.15, 0.2) is 59.7 Å². The molecule has 8 heteroatoms. The molecule has 0 N–H and O–H groups in total. The summed E-state index contributed by atoms with van der Waals surface area (Å²) < 4.78 is 1.24. The van der Waals surface area contributed by atoms with Crippen molar-refractivity contribution in [3.8, 4) is 0 Å². The lowest BCUT2D eigenvalue weighted by molar-refractivity contribution is -0.384. The number of hydrogen-bond acceptors (Lipinski definition) is 5. The van der Waals surface area contributed by atoms with Crippen LogP contribution in [-0.2, 0) is 11.3 Å². The number of nitro groups is 1. The van der Waals surface area contributed by atoms with E-state index < -0.39 is 4.92 Å². The predicted octanol–water partition coefficient (Wildman–Crippen LogP) is 1.97. The highest BCUT2D eigenvalue weighted by Gasteiger charge is 2.15. The summed E-state index contributed by atoms with van der Waals surface area (Å²) in [6.07, 6.45) is 1.34. The number of benzene rings is 2. The van der Waals surface area contributed by atoms with E-state index in [4.69, 9.17) is 0 Å². The van der Waals surface area contributed by atoms with Crippen molar-refractivity contribution in [1.82, 2.24) is 9.55 Å². The number of rotatable bonds is 4. The van der Waals surface area contributed by atoms with Crippen LogP contribution in [0.4, 0.5) is 11.4 Å². The number of likely N-dealkylation sites (N-methyl/N-ethyl adjacent to an activating group) is 1. The zero-order chi connectivity index (χ0) is 18.0. The fourth-order valence-corrected chi connectivity index (χ4v) is 2.41. The van der Waals surface area contributed by atoms with Gasteiger partial charge in [0.25, 0.3) is 11.2 Å². The molecule has 1 heterocycles. The maximum absolute atomic E-state index is 12.4. The highest BCUT2D eigenvalue weighted by molar-refractivity contribution is 5.92. The van der Waals surface area contributed by atoms with Crippen molar-refractivity contribution in [2.45, 2.75) is 6.54 Å². The number of hydrogen-bond donors (Lipinski definition) is 0. The topological polar surface area (TPSA) is 98.3 Å². The number of non-ortho nitro benzene ring substituents is 1. The van der Waals surface area contributed by atoms with E-state index in [0.29, 0.717) is 16.6 Å². The summed E-state index contributed by atoms with van der Waals surface area (Å²) >= 11 is 0. The Labute approximate surface area is 142 Å². The van der Waals surface area contributed by atoms with Crippen LogP contribution in [-0.4, -0.2) is 27.4 Å². The van der Waals surface area contributed by atoms with Gasteiger partial charge in [-0.1, -0.05) is 12.1 Å². The lowest BCUT2D eigenvalue weighted by Gasteiger charge is -2.17. The zero-order valence-corrected chi connectivity index (χ0v) is 13.3. The first-order valence-electron chi connectivity index (χ1n) is 7.42. The van der Waals surface area contributed by atoms with Crippen LogP contribution in [0, 0.1) is 10.1 Å². The lowest BCUT2D eigenvalue weighted by Crippen LogP contribution is -2.34. The van der Waals surface area contributed by atoms with Gasteiger partial charge >= 0.3 is 0 Å². The minimum absolute atomic E-state index is 0.0560. The van der Waals surface area contributed by atoms with E-state index in [9.17, 15) is 19.7 Å². The van der Waals surface area contributed by atoms with Gasteiger partial charge < -0.3 is 4.90 Å². The van der Waals surface area contributed by atoms with Crippen molar-refractivity contribution in [1.29, 1.82) is 0 Å². The van der Waals surface area contributed by atoms with Gasteiger partial charge in [-0.25, -0.2) is 4.98 Å². The van der Waals surface area contributed by atoms with Gasteiger partial charge in [0.1, 0.15) is 6.54 Å². The predicted molar refractivity (Wildman–Crippen MR) is 92.5 cm³/mol. The van der Waals surface area contributed by atoms with Gasteiger partial charge in [0.15, 0.2) is 0 Å². The fraction of sp³-hybridized carbons (Fsp3) is 0.118. The molecule has 0 radical (unpaired) electrons. The van der Waals surface area contributed by atoms with Crippen molar-refractivity contribution < 1.29 is 9.72 Å². The minimum Gasteiger partial charge on any atom is -0.314 e. The molecule has 2 aromatic carbocycles. The van der Waals surface area contributed by atoms with Crippen LogP contribution in [0.25, 0.3) is 10.9 Å². The standard InChI is InChI=1S/C17H14N4O4/c1-19(12-6-8-13(9-7-12)21(24)25)16(22)10-20-11-18-15-5-3-2-4-14(15)17(20)23/h2-9,11H,10H2,1H3. The van der Waals surface area contributed by atoms with Crippen LogP contribution < -0.4 is 10.5 Å². The second-order valence-corrected chi connectivity index (χ2v) is 5.42. The van der Waals surface area contributed by atoms with Crippen LogP contribution in [0.2, 0.25) is 0 Å². The van der Waals surface area contributed by atoms with Crippen LogP contribution >= 0.6 is 0 Å². The second-order valence-electron chi connectivity index (χ2n) is 5.42. The zero-order valence-electron chi connectivity index (χ0n) is 13.3. The Kier molecular flexibility index (Phi) is 4.25. The molecule has 126 valence electrons. The molecule has 0 aliphatic carbocycles. The molecule has 25 heavy (non-hydrogen) atoms. The van der Waals surface area contributed by atoms with Gasteiger partial charge in [0.2, 0.25) is 5.91 Å². The van der Waals surface area contributed by atoms with Gasteiger partial charge in [0.05, 0.1) is 22.2 Å². The quantitative estimate of drug-likeness (QED) is 0.535. The largest absolute Gasteiger partial charge is 0.314 e. The fourth-order valence-electron chi connectivity index (χ4n) is 2.41. The number of amides is 1. The number of carbonyl (C=O) groups is 1.